The van der Waals surface area contributed by atoms with Gasteiger partial charge in [-0.2, -0.15) is 0 Å². The average molecular weight is 423 g/mol. The summed E-state index contributed by atoms with van der Waals surface area (Å²) >= 11 is 0. The number of H-pyrrole nitrogens is 1. The van der Waals surface area contributed by atoms with Crippen LogP contribution in [0.1, 0.15) is 55.0 Å². The van der Waals surface area contributed by atoms with Crippen LogP contribution in [-0.2, 0) is 4.79 Å². The van der Waals surface area contributed by atoms with Crippen LogP contribution >= 0.6 is 0 Å². The number of benzene rings is 2. The smallest absolute Gasteiger partial charge is 0.252 e. The van der Waals surface area contributed by atoms with Crippen molar-refractivity contribution >= 4 is 22.8 Å². The molecule has 3 rings (SSSR count). The van der Waals surface area contributed by atoms with Gasteiger partial charge in [-0.25, -0.2) is 4.98 Å². The molecule has 7 heteroatoms. The Morgan fingerprint density at radius 3 is 2.52 bits per heavy atom. The number of fused-ring (bicyclic) bond motifs is 1. The van der Waals surface area contributed by atoms with Gasteiger partial charge in [0.1, 0.15) is 17.6 Å². The van der Waals surface area contributed by atoms with Crippen LogP contribution in [0, 0.1) is 12.8 Å². The number of imidazole rings is 1. The van der Waals surface area contributed by atoms with E-state index in [1.807, 2.05) is 64.1 Å². The maximum absolute atomic E-state index is 13.0. The second-order valence-corrected chi connectivity index (χ2v) is 8.21. The van der Waals surface area contributed by atoms with E-state index in [0.29, 0.717) is 17.8 Å². The fourth-order valence-corrected chi connectivity index (χ4v) is 3.49. The van der Waals surface area contributed by atoms with Crippen LogP contribution in [0.15, 0.2) is 42.5 Å². The molecule has 3 aromatic rings. The van der Waals surface area contributed by atoms with E-state index in [2.05, 4.69) is 20.6 Å². The number of methoxy groups -OCH3 is 1. The van der Waals surface area contributed by atoms with Gasteiger partial charge in [0.2, 0.25) is 5.91 Å². The number of hydrogen-bond acceptors (Lipinski definition) is 4. The molecule has 0 saturated heterocycles. The summed E-state index contributed by atoms with van der Waals surface area (Å²) in [6, 6.07) is 11.9. The summed E-state index contributed by atoms with van der Waals surface area (Å²) in [7, 11) is 1.61. The Labute approximate surface area is 182 Å². The third kappa shape index (κ3) is 5.42. The van der Waals surface area contributed by atoms with Crippen molar-refractivity contribution in [2.24, 2.45) is 5.92 Å². The molecule has 1 aromatic heterocycles. The average Bonchev–Trinajstić information content (AvgIpc) is 3.16. The van der Waals surface area contributed by atoms with Gasteiger partial charge < -0.3 is 20.4 Å². The highest BCUT2D eigenvalue weighted by molar-refractivity contribution is 5.98. The number of nitrogens with one attached hydrogen (secondary N) is 3. The number of carbonyl (C=O) groups is 2. The van der Waals surface area contributed by atoms with Crippen LogP contribution in [-0.4, -0.2) is 34.9 Å². The van der Waals surface area contributed by atoms with Crippen LogP contribution in [0.25, 0.3) is 11.0 Å². The molecule has 0 spiro atoms. The Kier molecular flexibility index (Phi) is 6.95. The van der Waals surface area contributed by atoms with Gasteiger partial charge in [-0.05, 0) is 49.9 Å². The predicted octanol–water partition coefficient (Wildman–Crippen LogP) is 3.90. The summed E-state index contributed by atoms with van der Waals surface area (Å²) < 4.78 is 5.25. The summed E-state index contributed by atoms with van der Waals surface area (Å²) in [6.45, 7) is 7.79. The molecule has 0 saturated carbocycles. The molecule has 164 valence electrons. The number of nitrogens with zero attached hydrogens (tertiary/aromatic N) is 1. The maximum atomic E-state index is 13.0. The quantitative estimate of drug-likeness (QED) is 0.513. The molecule has 0 bridgehead atoms. The maximum Gasteiger partial charge on any atom is 0.252 e. The fourth-order valence-electron chi connectivity index (χ4n) is 3.49. The first kappa shape index (κ1) is 22.3. The number of carbonyl (C=O) groups excluding carboxylic acids is 2. The number of rotatable bonds is 8. The Morgan fingerprint density at radius 2 is 1.84 bits per heavy atom. The molecule has 0 aliphatic rings. The van der Waals surface area contributed by atoms with Gasteiger partial charge in [-0.1, -0.05) is 32.0 Å². The minimum atomic E-state index is -0.640. The second kappa shape index (κ2) is 9.64. The molecule has 1 heterocycles. The Bertz CT molecular complexity index is 1070. The van der Waals surface area contributed by atoms with Crippen molar-refractivity contribution in [3.05, 3.63) is 59.4 Å². The summed E-state index contributed by atoms with van der Waals surface area (Å²) in [5.74, 6) is 1.13. The molecule has 2 aromatic carbocycles. The first-order valence-electron chi connectivity index (χ1n) is 10.5. The van der Waals surface area contributed by atoms with E-state index in [4.69, 9.17) is 4.74 Å². The normalized spacial score (nSPS) is 13.1. The van der Waals surface area contributed by atoms with E-state index in [1.165, 1.54) is 0 Å². The van der Waals surface area contributed by atoms with Crippen molar-refractivity contribution in [1.29, 1.82) is 0 Å². The fraction of sp³-hybridized carbons (Fsp3) is 0.375. The molecule has 2 amide bonds. The van der Waals surface area contributed by atoms with Gasteiger partial charge in [0.15, 0.2) is 0 Å². The molecule has 3 N–H and O–H groups in total. The van der Waals surface area contributed by atoms with Crippen molar-refractivity contribution in [1.82, 2.24) is 20.6 Å². The largest absolute Gasteiger partial charge is 0.497 e. The van der Waals surface area contributed by atoms with Gasteiger partial charge in [0, 0.05) is 11.6 Å². The molecule has 0 unspecified atom stereocenters. The zero-order valence-corrected chi connectivity index (χ0v) is 18.7. The standard InChI is InChI=1S/C24H30N4O3/c1-14(2)12-21(28-23(29)18-9-7-6-8-15(18)3)24(30)25-16(4)22-26-19-11-10-17(31-5)13-20(19)27-22/h6-11,13-14,16,21H,12H2,1-5H3,(H,25,30)(H,26,27)(H,28,29)/t16-,21+/m1/s1. The van der Waals surface area contributed by atoms with Gasteiger partial charge in [-0.3, -0.25) is 9.59 Å². The van der Waals surface area contributed by atoms with Crippen molar-refractivity contribution in [3.63, 3.8) is 0 Å². The van der Waals surface area contributed by atoms with E-state index in [-0.39, 0.29) is 23.8 Å². The van der Waals surface area contributed by atoms with Crippen molar-refractivity contribution in [2.45, 2.75) is 46.2 Å². The van der Waals surface area contributed by atoms with Gasteiger partial charge in [0.05, 0.1) is 24.2 Å². The topological polar surface area (TPSA) is 96.1 Å². The molecule has 0 aliphatic carbocycles. The van der Waals surface area contributed by atoms with Crippen LogP contribution in [0.3, 0.4) is 0 Å². The highest BCUT2D eigenvalue weighted by atomic mass is 16.5. The van der Waals surface area contributed by atoms with Crippen molar-refractivity contribution in [2.75, 3.05) is 7.11 Å². The van der Waals surface area contributed by atoms with E-state index < -0.39 is 6.04 Å². The number of aromatic nitrogens is 2. The lowest BCUT2D eigenvalue weighted by Crippen LogP contribution is -2.48. The number of aromatic amines is 1. The first-order valence-corrected chi connectivity index (χ1v) is 10.5. The molecular formula is C24H30N4O3. The minimum Gasteiger partial charge on any atom is -0.497 e. The molecular weight excluding hydrogens is 392 g/mol. The van der Waals surface area contributed by atoms with Crippen molar-refractivity contribution < 1.29 is 14.3 Å². The second-order valence-electron chi connectivity index (χ2n) is 8.21. The Balaban J connectivity index is 1.74. The Morgan fingerprint density at radius 1 is 1.10 bits per heavy atom. The summed E-state index contributed by atoms with van der Waals surface area (Å²) in [5.41, 5.74) is 3.07. The highest BCUT2D eigenvalue weighted by Gasteiger charge is 2.25. The van der Waals surface area contributed by atoms with E-state index in [9.17, 15) is 9.59 Å². The number of aryl methyl sites for hydroxylation is 1. The lowest BCUT2D eigenvalue weighted by Gasteiger charge is -2.22. The highest BCUT2D eigenvalue weighted by Crippen LogP contribution is 2.21. The van der Waals surface area contributed by atoms with E-state index in [1.54, 1.807) is 13.2 Å². The monoisotopic (exact) mass is 422 g/mol. The minimum absolute atomic E-state index is 0.235. The number of hydrogen-bond donors (Lipinski definition) is 3. The van der Waals surface area contributed by atoms with Crippen LogP contribution in [0.5, 0.6) is 5.75 Å². The lowest BCUT2D eigenvalue weighted by molar-refractivity contribution is -0.124. The first-order chi connectivity index (χ1) is 14.8. The van der Waals surface area contributed by atoms with Crippen LogP contribution in [0.4, 0.5) is 0 Å². The zero-order valence-electron chi connectivity index (χ0n) is 18.7. The van der Waals surface area contributed by atoms with Crippen molar-refractivity contribution in [3.8, 4) is 5.75 Å². The summed E-state index contributed by atoms with van der Waals surface area (Å²) in [5, 5.41) is 5.89. The molecule has 0 aliphatic heterocycles. The van der Waals surface area contributed by atoms with Gasteiger partial charge >= 0.3 is 0 Å². The summed E-state index contributed by atoms with van der Waals surface area (Å²) in [6.07, 6.45) is 0.535. The predicted molar refractivity (Wildman–Crippen MR) is 121 cm³/mol. The molecule has 2 atom stereocenters. The van der Waals surface area contributed by atoms with E-state index in [0.717, 1.165) is 22.3 Å². The lowest BCUT2D eigenvalue weighted by atomic mass is 10.0. The van der Waals surface area contributed by atoms with E-state index >= 15 is 0 Å². The molecule has 31 heavy (non-hydrogen) atoms. The third-order valence-corrected chi connectivity index (χ3v) is 5.19. The zero-order chi connectivity index (χ0) is 22.5. The molecule has 0 radical (unpaired) electrons. The number of amides is 2. The van der Waals surface area contributed by atoms with Crippen LogP contribution in [0.2, 0.25) is 0 Å². The van der Waals surface area contributed by atoms with Crippen LogP contribution < -0.4 is 15.4 Å². The molecule has 7 nitrogen and oxygen atoms in total. The van der Waals surface area contributed by atoms with Gasteiger partial charge in [0.25, 0.3) is 5.91 Å². The molecule has 0 fully saturated rings. The SMILES string of the molecule is COc1ccc2nc([C@@H](C)NC(=O)[C@H](CC(C)C)NC(=O)c3ccccc3C)[nH]c2c1. The third-order valence-electron chi connectivity index (χ3n) is 5.19. The summed E-state index contributed by atoms with van der Waals surface area (Å²) in [4.78, 5) is 33.6. The number of ether oxygens (including phenoxy) is 1. The van der Waals surface area contributed by atoms with Gasteiger partial charge in [-0.15, -0.1) is 0 Å². The Hall–Kier alpha value is -3.35.